The molecule has 19 heavy (non-hydrogen) atoms. The van der Waals surface area contributed by atoms with E-state index in [0.29, 0.717) is 6.42 Å². The molecule has 0 N–H and O–H groups in total. The van der Waals surface area contributed by atoms with Crippen LogP contribution in [0.1, 0.15) is 29.0 Å². The molecule has 96 valence electrons. The van der Waals surface area contributed by atoms with Crippen molar-refractivity contribution in [2.24, 2.45) is 0 Å². The highest BCUT2D eigenvalue weighted by Gasteiger charge is 2.18. The van der Waals surface area contributed by atoms with Crippen LogP contribution in [0, 0.1) is 18.3 Å². The number of hydrogen-bond donors (Lipinski definition) is 0. The summed E-state index contributed by atoms with van der Waals surface area (Å²) in [5.74, 6) is 0.899. The van der Waals surface area contributed by atoms with E-state index in [0.717, 1.165) is 16.9 Å². The molecular formula is C17H17NO. The summed E-state index contributed by atoms with van der Waals surface area (Å²) in [7, 11) is 1.67. The van der Waals surface area contributed by atoms with Gasteiger partial charge in [0, 0.05) is 17.9 Å². The summed E-state index contributed by atoms with van der Waals surface area (Å²) in [4.78, 5) is 0. The van der Waals surface area contributed by atoms with Crippen LogP contribution in [-0.4, -0.2) is 7.11 Å². The molecule has 0 saturated carbocycles. The average Bonchev–Trinajstić information content (AvgIpc) is 2.45. The van der Waals surface area contributed by atoms with Gasteiger partial charge >= 0.3 is 0 Å². The second-order valence-electron chi connectivity index (χ2n) is 4.57. The maximum Gasteiger partial charge on any atom is 0.122 e. The van der Waals surface area contributed by atoms with Gasteiger partial charge in [0.25, 0.3) is 0 Å². The minimum Gasteiger partial charge on any atom is -0.496 e. The number of rotatable bonds is 4. The summed E-state index contributed by atoms with van der Waals surface area (Å²) in [5.41, 5.74) is 3.40. The lowest BCUT2D eigenvalue weighted by Crippen LogP contribution is -2.03. The van der Waals surface area contributed by atoms with E-state index in [-0.39, 0.29) is 5.92 Å². The number of aryl methyl sites for hydroxylation is 1. The Morgan fingerprint density at radius 2 is 1.89 bits per heavy atom. The van der Waals surface area contributed by atoms with Crippen molar-refractivity contribution in [3.05, 3.63) is 65.2 Å². The highest BCUT2D eigenvalue weighted by atomic mass is 16.5. The fourth-order valence-electron chi connectivity index (χ4n) is 2.31. The van der Waals surface area contributed by atoms with Crippen LogP contribution in [0.4, 0.5) is 0 Å². The van der Waals surface area contributed by atoms with E-state index in [1.807, 2.05) is 30.3 Å². The van der Waals surface area contributed by atoms with E-state index in [1.54, 1.807) is 7.11 Å². The van der Waals surface area contributed by atoms with Crippen molar-refractivity contribution in [2.45, 2.75) is 19.3 Å². The van der Waals surface area contributed by atoms with Crippen molar-refractivity contribution < 1.29 is 4.74 Å². The predicted octanol–water partition coefficient (Wildman–Crippen LogP) is 4.05. The monoisotopic (exact) mass is 251 g/mol. The van der Waals surface area contributed by atoms with E-state index in [9.17, 15) is 0 Å². The van der Waals surface area contributed by atoms with Gasteiger partial charge in [0.05, 0.1) is 13.2 Å². The molecule has 2 nitrogen and oxygen atoms in total. The summed E-state index contributed by atoms with van der Waals surface area (Å²) in [5, 5.41) is 9.10. The molecular weight excluding hydrogens is 234 g/mol. The molecule has 0 spiro atoms. The zero-order valence-corrected chi connectivity index (χ0v) is 11.3. The van der Waals surface area contributed by atoms with Gasteiger partial charge in [-0.2, -0.15) is 5.26 Å². The smallest absolute Gasteiger partial charge is 0.122 e. The highest BCUT2D eigenvalue weighted by molar-refractivity contribution is 5.44. The van der Waals surface area contributed by atoms with E-state index in [1.165, 1.54) is 5.56 Å². The van der Waals surface area contributed by atoms with Crippen LogP contribution in [0.3, 0.4) is 0 Å². The molecule has 2 heteroatoms. The Hall–Kier alpha value is -2.27. The van der Waals surface area contributed by atoms with Crippen molar-refractivity contribution in [1.29, 1.82) is 5.26 Å². The molecule has 0 unspecified atom stereocenters. The average molecular weight is 251 g/mol. The van der Waals surface area contributed by atoms with E-state index in [4.69, 9.17) is 10.00 Å². The molecule has 0 fully saturated rings. The number of benzene rings is 2. The fourth-order valence-corrected chi connectivity index (χ4v) is 2.31. The van der Waals surface area contributed by atoms with E-state index >= 15 is 0 Å². The molecule has 2 rings (SSSR count). The molecule has 2 aromatic carbocycles. The third-order valence-electron chi connectivity index (χ3n) is 3.26. The summed E-state index contributed by atoms with van der Waals surface area (Å²) in [6.07, 6.45) is 0.448. The van der Waals surface area contributed by atoms with Crippen molar-refractivity contribution in [1.82, 2.24) is 0 Å². The van der Waals surface area contributed by atoms with Crippen LogP contribution in [-0.2, 0) is 0 Å². The Labute approximate surface area is 114 Å². The molecule has 0 radical (unpaired) electrons. The number of nitriles is 1. The van der Waals surface area contributed by atoms with Gasteiger partial charge < -0.3 is 4.74 Å². The van der Waals surface area contributed by atoms with Crippen LogP contribution in [0.15, 0.2) is 48.5 Å². The minimum atomic E-state index is 0.0565. The first kappa shape index (κ1) is 13.2. The van der Waals surface area contributed by atoms with Crippen molar-refractivity contribution in [3.63, 3.8) is 0 Å². The van der Waals surface area contributed by atoms with Crippen LogP contribution in [0.5, 0.6) is 5.75 Å². The number of hydrogen-bond acceptors (Lipinski definition) is 2. The molecule has 0 aromatic heterocycles. The minimum absolute atomic E-state index is 0.0565. The summed E-state index contributed by atoms with van der Waals surface area (Å²) in [6, 6.07) is 18.5. The summed E-state index contributed by atoms with van der Waals surface area (Å²) < 4.78 is 5.44. The Morgan fingerprint density at radius 1 is 1.16 bits per heavy atom. The quantitative estimate of drug-likeness (QED) is 0.821. The Kier molecular flexibility index (Phi) is 4.20. The molecule has 0 saturated heterocycles. The molecule has 2 aromatic rings. The van der Waals surface area contributed by atoms with Crippen molar-refractivity contribution >= 4 is 0 Å². The molecule has 1 atom stereocenters. The van der Waals surface area contributed by atoms with Gasteiger partial charge in [0.15, 0.2) is 0 Å². The number of methoxy groups -OCH3 is 1. The normalized spacial score (nSPS) is 11.6. The van der Waals surface area contributed by atoms with Gasteiger partial charge in [-0.3, -0.25) is 0 Å². The lowest BCUT2D eigenvalue weighted by molar-refractivity contribution is 0.407. The van der Waals surface area contributed by atoms with Crippen LogP contribution < -0.4 is 4.74 Å². The zero-order chi connectivity index (χ0) is 13.7. The molecule has 0 aliphatic carbocycles. The van der Waals surface area contributed by atoms with Gasteiger partial charge in [0.1, 0.15) is 5.75 Å². The first-order valence-electron chi connectivity index (χ1n) is 6.32. The van der Waals surface area contributed by atoms with Crippen molar-refractivity contribution in [2.75, 3.05) is 7.11 Å². The topological polar surface area (TPSA) is 33.0 Å². The molecule has 0 aliphatic rings. The SMILES string of the molecule is COc1ccc(C)cc1[C@@H](CC#N)c1ccccc1. The van der Waals surface area contributed by atoms with Gasteiger partial charge in [-0.05, 0) is 18.6 Å². The zero-order valence-electron chi connectivity index (χ0n) is 11.3. The second kappa shape index (κ2) is 6.06. The maximum atomic E-state index is 9.10. The number of nitrogens with zero attached hydrogens (tertiary/aromatic N) is 1. The van der Waals surface area contributed by atoms with Crippen molar-refractivity contribution in [3.8, 4) is 11.8 Å². The molecule has 0 bridgehead atoms. The second-order valence-corrected chi connectivity index (χ2v) is 4.57. The maximum absolute atomic E-state index is 9.10. The van der Waals surface area contributed by atoms with Crippen LogP contribution in [0.2, 0.25) is 0 Å². The molecule has 0 amide bonds. The largest absolute Gasteiger partial charge is 0.496 e. The first-order chi connectivity index (χ1) is 9.26. The van der Waals surface area contributed by atoms with E-state index in [2.05, 4.69) is 31.2 Å². The highest BCUT2D eigenvalue weighted by Crippen LogP contribution is 2.34. The lowest BCUT2D eigenvalue weighted by Gasteiger charge is -2.18. The van der Waals surface area contributed by atoms with Crippen LogP contribution in [0.25, 0.3) is 0 Å². The lowest BCUT2D eigenvalue weighted by atomic mass is 9.87. The third kappa shape index (κ3) is 2.95. The molecule has 0 aliphatic heterocycles. The van der Waals surface area contributed by atoms with E-state index < -0.39 is 0 Å². The van der Waals surface area contributed by atoms with Crippen LogP contribution >= 0.6 is 0 Å². The predicted molar refractivity (Wildman–Crippen MR) is 76.2 cm³/mol. The first-order valence-corrected chi connectivity index (χ1v) is 6.32. The van der Waals surface area contributed by atoms with Gasteiger partial charge in [-0.15, -0.1) is 0 Å². The Balaban J connectivity index is 2.51. The summed E-state index contributed by atoms with van der Waals surface area (Å²) in [6.45, 7) is 2.05. The Bertz CT molecular complexity index is 584. The standard InChI is InChI=1S/C17H17NO/c1-13-8-9-17(19-2)16(12-13)15(10-11-18)14-6-4-3-5-7-14/h3-9,12,15H,10H2,1-2H3/t15-/m0/s1. The Morgan fingerprint density at radius 3 is 2.53 bits per heavy atom. The third-order valence-corrected chi connectivity index (χ3v) is 3.26. The van der Waals surface area contributed by atoms with Gasteiger partial charge in [-0.1, -0.05) is 48.0 Å². The molecule has 0 heterocycles. The van der Waals surface area contributed by atoms with Gasteiger partial charge in [-0.25, -0.2) is 0 Å². The number of ether oxygens (including phenoxy) is 1. The van der Waals surface area contributed by atoms with Gasteiger partial charge in [0.2, 0.25) is 0 Å². The summed E-state index contributed by atoms with van der Waals surface area (Å²) >= 11 is 0. The fraction of sp³-hybridized carbons (Fsp3) is 0.235.